The maximum atomic E-state index is 12.7. The number of rotatable bonds is 4. The molecule has 28 heavy (non-hydrogen) atoms. The van der Waals surface area contributed by atoms with Crippen molar-refractivity contribution < 1.29 is 19.1 Å². The van der Waals surface area contributed by atoms with Crippen LogP contribution in [0.3, 0.4) is 0 Å². The molecule has 0 aliphatic carbocycles. The molecule has 3 aliphatic heterocycles. The molecule has 0 N–H and O–H groups in total. The van der Waals surface area contributed by atoms with Gasteiger partial charge in [0.15, 0.2) is 0 Å². The predicted molar refractivity (Wildman–Crippen MR) is 103 cm³/mol. The van der Waals surface area contributed by atoms with Gasteiger partial charge in [-0.1, -0.05) is 6.07 Å². The molecular formula is C21H27N3O4. The number of nitrogens with zero attached hydrogens (tertiary/aromatic N) is 3. The van der Waals surface area contributed by atoms with Crippen molar-refractivity contribution in [3.05, 3.63) is 36.2 Å². The van der Waals surface area contributed by atoms with E-state index in [1.54, 1.807) is 24.5 Å². The molecule has 150 valence electrons. The molecule has 7 heteroatoms. The van der Waals surface area contributed by atoms with E-state index in [0.29, 0.717) is 38.5 Å². The third-order valence-electron chi connectivity index (χ3n) is 5.65. The molecule has 1 aromatic rings. The van der Waals surface area contributed by atoms with Crippen LogP contribution in [-0.4, -0.2) is 78.2 Å². The fourth-order valence-electron chi connectivity index (χ4n) is 4.15. The van der Waals surface area contributed by atoms with Crippen LogP contribution < -0.4 is 0 Å². The van der Waals surface area contributed by atoms with Crippen LogP contribution in [0.4, 0.5) is 0 Å². The maximum Gasteiger partial charge on any atom is 0.246 e. The molecule has 3 aliphatic rings. The first kappa shape index (κ1) is 19.1. The van der Waals surface area contributed by atoms with Crippen molar-refractivity contribution >= 4 is 17.9 Å². The van der Waals surface area contributed by atoms with Crippen molar-refractivity contribution in [2.45, 2.75) is 31.5 Å². The van der Waals surface area contributed by atoms with Crippen LogP contribution in [0, 0.1) is 5.92 Å². The number of carbonyl (C=O) groups is 2. The molecular weight excluding hydrogens is 358 g/mol. The Labute approximate surface area is 165 Å². The zero-order chi connectivity index (χ0) is 19.3. The number of carbonyl (C=O) groups excluding carboxylic acids is 2. The van der Waals surface area contributed by atoms with Gasteiger partial charge in [-0.25, -0.2) is 0 Å². The van der Waals surface area contributed by atoms with Crippen LogP contribution in [0.25, 0.3) is 6.08 Å². The molecule has 0 radical (unpaired) electrons. The van der Waals surface area contributed by atoms with Gasteiger partial charge in [-0.2, -0.15) is 0 Å². The van der Waals surface area contributed by atoms with Gasteiger partial charge in [0.2, 0.25) is 11.8 Å². The van der Waals surface area contributed by atoms with Gasteiger partial charge in [-0.3, -0.25) is 14.6 Å². The number of hydrogen-bond acceptors (Lipinski definition) is 5. The smallest absolute Gasteiger partial charge is 0.246 e. The fourth-order valence-corrected chi connectivity index (χ4v) is 4.15. The van der Waals surface area contributed by atoms with Crippen LogP contribution in [0.5, 0.6) is 0 Å². The lowest BCUT2D eigenvalue weighted by Crippen LogP contribution is -2.61. The van der Waals surface area contributed by atoms with Crippen molar-refractivity contribution in [3.63, 3.8) is 0 Å². The van der Waals surface area contributed by atoms with Gasteiger partial charge in [0, 0.05) is 64.3 Å². The predicted octanol–water partition coefficient (Wildman–Crippen LogP) is 1.35. The second-order valence-corrected chi connectivity index (χ2v) is 7.80. The molecule has 2 bridgehead atoms. The summed E-state index contributed by atoms with van der Waals surface area (Å²) in [6, 6.07) is 3.75. The van der Waals surface area contributed by atoms with Crippen LogP contribution in [0.1, 0.15) is 24.8 Å². The van der Waals surface area contributed by atoms with Gasteiger partial charge in [-0.15, -0.1) is 0 Å². The highest BCUT2D eigenvalue weighted by atomic mass is 16.5. The van der Waals surface area contributed by atoms with E-state index in [1.165, 1.54) is 0 Å². The van der Waals surface area contributed by atoms with E-state index in [9.17, 15) is 9.59 Å². The van der Waals surface area contributed by atoms with E-state index < -0.39 is 0 Å². The highest BCUT2D eigenvalue weighted by molar-refractivity contribution is 5.91. The van der Waals surface area contributed by atoms with Crippen LogP contribution in [0.2, 0.25) is 0 Å². The largest absolute Gasteiger partial charge is 0.381 e. The van der Waals surface area contributed by atoms with E-state index in [4.69, 9.17) is 9.47 Å². The Morgan fingerprint density at radius 1 is 1.11 bits per heavy atom. The van der Waals surface area contributed by atoms with Gasteiger partial charge < -0.3 is 19.3 Å². The number of morpholine rings is 2. The average Bonchev–Trinajstić information content (AvgIpc) is 2.72. The van der Waals surface area contributed by atoms with E-state index in [0.717, 1.165) is 31.6 Å². The number of pyridine rings is 1. The molecule has 0 aromatic carbocycles. The highest BCUT2D eigenvalue weighted by Crippen LogP contribution is 2.24. The third kappa shape index (κ3) is 4.77. The van der Waals surface area contributed by atoms with Crippen molar-refractivity contribution in [2.75, 3.05) is 39.4 Å². The Morgan fingerprint density at radius 2 is 1.82 bits per heavy atom. The molecule has 1 aromatic heterocycles. The summed E-state index contributed by atoms with van der Waals surface area (Å²) in [6.45, 7) is 3.69. The summed E-state index contributed by atoms with van der Waals surface area (Å²) in [5.41, 5.74) is 0.897. The Morgan fingerprint density at radius 3 is 2.50 bits per heavy atom. The Kier molecular flexibility index (Phi) is 6.02. The Bertz CT molecular complexity index is 704. The lowest BCUT2D eigenvalue weighted by Gasteiger charge is -2.45. The van der Waals surface area contributed by atoms with Gasteiger partial charge in [-0.05, 0) is 36.5 Å². The monoisotopic (exact) mass is 385 g/mol. The summed E-state index contributed by atoms with van der Waals surface area (Å²) < 4.78 is 11.4. The molecule has 3 fully saturated rings. The quantitative estimate of drug-likeness (QED) is 0.732. The van der Waals surface area contributed by atoms with Crippen LogP contribution >= 0.6 is 0 Å². The van der Waals surface area contributed by atoms with Crippen molar-refractivity contribution in [3.8, 4) is 0 Å². The van der Waals surface area contributed by atoms with Gasteiger partial charge in [0.25, 0.3) is 0 Å². The molecule has 2 amide bonds. The molecule has 3 saturated heterocycles. The van der Waals surface area contributed by atoms with Crippen LogP contribution in [0.15, 0.2) is 30.6 Å². The zero-order valence-corrected chi connectivity index (χ0v) is 16.0. The molecule has 2 atom stereocenters. The van der Waals surface area contributed by atoms with E-state index in [-0.39, 0.29) is 24.0 Å². The number of amides is 2. The summed E-state index contributed by atoms with van der Waals surface area (Å²) in [5.74, 6) is 0.616. The first-order valence-corrected chi connectivity index (χ1v) is 10.1. The minimum atomic E-state index is -0.109. The number of ether oxygens (including phenoxy) is 2. The van der Waals surface area contributed by atoms with Gasteiger partial charge >= 0.3 is 0 Å². The van der Waals surface area contributed by atoms with Crippen molar-refractivity contribution in [1.82, 2.24) is 14.8 Å². The topological polar surface area (TPSA) is 72.0 Å². The van der Waals surface area contributed by atoms with Crippen molar-refractivity contribution in [1.29, 1.82) is 0 Å². The summed E-state index contributed by atoms with van der Waals surface area (Å²) in [6.07, 6.45) is 9.11. The fraction of sp³-hybridized carbons (Fsp3) is 0.571. The highest BCUT2D eigenvalue weighted by Gasteiger charge is 2.38. The number of hydrogen-bond donors (Lipinski definition) is 0. The first-order valence-electron chi connectivity index (χ1n) is 10.1. The first-order chi connectivity index (χ1) is 13.7. The SMILES string of the molecule is O=C(/C=C/c1cccnc1)N1CC2CN(C(=O)CC3CCOCC3)CC(C1)O2. The molecule has 0 spiro atoms. The van der Waals surface area contributed by atoms with Gasteiger partial charge in [0.1, 0.15) is 0 Å². The second-order valence-electron chi connectivity index (χ2n) is 7.80. The molecule has 4 rings (SSSR count). The second kappa shape index (κ2) is 8.84. The van der Waals surface area contributed by atoms with E-state index >= 15 is 0 Å². The van der Waals surface area contributed by atoms with E-state index in [1.807, 2.05) is 21.9 Å². The third-order valence-corrected chi connectivity index (χ3v) is 5.65. The number of fused-ring (bicyclic) bond motifs is 2. The standard InChI is InChI=1S/C21H27N3O4/c25-20(4-3-17-2-1-7-22-11-17)23-12-18-14-24(15-19(13-23)28-18)21(26)10-16-5-8-27-9-6-16/h1-4,7,11,16,18-19H,5-6,8-10,12-15H2/b4-3+. The normalized spacial score (nSPS) is 25.9. The summed E-state index contributed by atoms with van der Waals surface area (Å²) in [4.78, 5) is 33.1. The minimum Gasteiger partial charge on any atom is -0.381 e. The van der Waals surface area contributed by atoms with Crippen molar-refractivity contribution in [2.24, 2.45) is 5.92 Å². The maximum absolute atomic E-state index is 12.7. The zero-order valence-electron chi connectivity index (χ0n) is 16.0. The van der Waals surface area contributed by atoms with Gasteiger partial charge in [0.05, 0.1) is 12.2 Å². The minimum absolute atomic E-state index is 0.0239. The van der Waals surface area contributed by atoms with Crippen LogP contribution in [-0.2, 0) is 19.1 Å². The molecule has 2 unspecified atom stereocenters. The summed E-state index contributed by atoms with van der Waals surface area (Å²) in [5, 5.41) is 0. The summed E-state index contributed by atoms with van der Waals surface area (Å²) >= 11 is 0. The summed E-state index contributed by atoms with van der Waals surface area (Å²) in [7, 11) is 0. The molecule has 7 nitrogen and oxygen atoms in total. The number of aromatic nitrogens is 1. The molecule has 0 saturated carbocycles. The Hall–Kier alpha value is -2.25. The Balaban J connectivity index is 1.30. The molecule has 4 heterocycles. The lowest BCUT2D eigenvalue weighted by molar-refractivity contribution is -0.166. The lowest BCUT2D eigenvalue weighted by atomic mass is 9.95. The van der Waals surface area contributed by atoms with E-state index in [2.05, 4.69) is 4.98 Å². The average molecular weight is 385 g/mol.